The highest BCUT2D eigenvalue weighted by Crippen LogP contribution is 2.27. The molecule has 1 saturated heterocycles. The van der Waals surface area contributed by atoms with Crippen LogP contribution in [0.15, 0.2) is 53.5 Å². The van der Waals surface area contributed by atoms with Gasteiger partial charge in [0.05, 0.1) is 13.2 Å². The fourth-order valence-corrected chi connectivity index (χ4v) is 3.75. The number of nitrogens with two attached hydrogens (primary N) is 1. The lowest BCUT2D eigenvalue weighted by Crippen LogP contribution is -2.42. The van der Waals surface area contributed by atoms with Crippen molar-refractivity contribution in [2.45, 2.75) is 25.4 Å². The standard InChI is InChI=1S/C23H31N5O2/c1-25-23(26-15-17-8-10-18(11-9-17)22(24)29)27-16-21(28-12-3-4-13-28)19-6-5-7-20(14-19)30-2/h5-11,14,21H,3-4,12-13,15-16H2,1-2H3,(H2,24,29)(H2,25,26,27). The van der Waals surface area contributed by atoms with Crippen LogP contribution >= 0.6 is 0 Å². The number of guanidine groups is 1. The van der Waals surface area contributed by atoms with Crippen LogP contribution in [0.3, 0.4) is 0 Å². The third-order valence-electron chi connectivity index (χ3n) is 5.44. The van der Waals surface area contributed by atoms with Gasteiger partial charge in [0, 0.05) is 25.7 Å². The van der Waals surface area contributed by atoms with Gasteiger partial charge < -0.3 is 21.1 Å². The van der Waals surface area contributed by atoms with Crippen LogP contribution in [-0.4, -0.2) is 50.6 Å². The number of nitrogens with zero attached hydrogens (tertiary/aromatic N) is 2. The first-order valence-electron chi connectivity index (χ1n) is 10.3. The fourth-order valence-electron chi connectivity index (χ4n) is 3.75. The molecule has 160 valence electrons. The Labute approximate surface area is 178 Å². The van der Waals surface area contributed by atoms with Crippen LogP contribution in [0.4, 0.5) is 0 Å². The summed E-state index contributed by atoms with van der Waals surface area (Å²) in [5.41, 5.74) is 8.09. The monoisotopic (exact) mass is 409 g/mol. The van der Waals surface area contributed by atoms with Crippen LogP contribution in [0.2, 0.25) is 0 Å². The Morgan fingerprint density at radius 2 is 1.90 bits per heavy atom. The lowest BCUT2D eigenvalue weighted by molar-refractivity contribution is 0.100. The van der Waals surface area contributed by atoms with Crippen molar-refractivity contribution in [3.8, 4) is 5.75 Å². The smallest absolute Gasteiger partial charge is 0.248 e. The molecule has 1 heterocycles. The minimum absolute atomic E-state index is 0.246. The number of ether oxygens (including phenoxy) is 1. The SMILES string of the molecule is CN=C(NCc1ccc(C(N)=O)cc1)NCC(c1cccc(OC)c1)N1CCCC1. The van der Waals surface area contributed by atoms with Crippen molar-refractivity contribution >= 4 is 11.9 Å². The summed E-state index contributed by atoms with van der Waals surface area (Å²) in [7, 11) is 3.46. The maximum absolute atomic E-state index is 11.2. The number of likely N-dealkylation sites (tertiary alicyclic amines) is 1. The van der Waals surface area contributed by atoms with E-state index in [0.29, 0.717) is 12.1 Å². The van der Waals surface area contributed by atoms with E-state index in [1.165, 1.54) is 18.4 Å². The summed E-state index contributed by atoms with van der Waals surface area (Å²) in [6.45, 7) is 3.54. The van der Waals surface area contributed by atoms with Gasteiger partial charge in [0.25, 0.3) is 0 Å². The molecular formula is C23H31N5O2. The van der Waals surface area contributed by atoms with Gasteiger partial charge in [-0.1, -0.05) is 24.3 Å². The van der Waals surface area contributed by atoms with E-state index in [2.05, 4.69) is 32.7 Å². The molecule has 0 saturated carbocycles. The van der Waals surface area contributed by atoms with Crippen LogP contribution < -0.4 is 21.1 Å². The van der Waals surface area contributed by atoms with Gasteiger partial charge in [-0.2, -0.15) is 0 Å². The number of aliphatic imine (C=N–C) groups is 1. The van der Waals surface area contributed by atoms with Gasteiger partial charge in [0.2, 0.25) is 5.91 Å². The van der Waals surface area contributed by atoms with Gasteiger partial charge in [-0.25, -0.2) is 0 Å². The predicted octanol–water partition coefficient (Wildman–Crippen LogP) is 2.30. The molecule has 4 N–H and O–H groups in total. The van der Waals surface area contributed by atoms with E-state index >= 15 is 0 Å². The van der Waals surface area contributed by atoms with E-state index in [1.54, 1.807) is 26.3 Å². The molecule has 1 atom stereocenters. The van der Waals surface area contributed by atoms with Gasteiger partial charge in [-0.15, -0.1) is 0 Å². The highest BCUT2D eigenvalue weighted by atomic mass is 16.5. The van der Waals surface area contributed by atoms with Gasteiger partial charge in [-0.3, -0.25) is 14.7 Å². The summed E-state index contributed by atoms with van der Waals surface area (Å²) >= 11 is 0. The number of rotatable bonds is 8. The first kappa shape index (κ1) is 21.6. The number of hydrogen-bond donors (Lipinski definition) is 3. The number of methoxy groups -OCH3 is 1. The van der Waals surface area contributed by atoms with Crippen LogP contribution in [-0.2, 0) is 6.54 Å². The summed E-state index contributed by atoms with van der Waals surface area (Å²) in [6.07, 6.45) is 2.46. The predicted molar refractivity (Wildman–Crippen MR) is 120 cm³/mol. The molecule has 1 amide bonds. The quantitative estimate of drug-likeness (QED) is 0.460. The largest absolute Gasteiger partial charge is 0.497 e. The second-order valence-electron chi connectivity index (χ2n) is 7.40. The van der Waals surface area contributed by atoms with Gasteiger partial charge in [0.15, 0.2) is 5.96 Å². The minimum Gasteiger partial charge on any atom is -0.497 e. The highest BCUT2D eigenvalue weighted by Gasteiger charge is 2.24. The molecule has 0 aromatic heterocycles. The molecule has 0 radical (unpaired) electrons. The van der Waals surface area contributed by atoms with Crippen LogP contribution in [0.25, 0.3) is 0 Å². The van der Waals surface area contributed by atoms with Gasteiger partial charge >= 0.3 is 0 Å². The first-order chi connectivity index (χ1) is 14.6. The van der Waals surface area contributed by atoms with E-state index in [4.69, 9.17) is 10.5 Å². The van der Waals surface area contributed by atoms with Crippen molar-refractivity contribution in [2.24, 2.45) is 10.7 Å². The average molecular weight is 410 g/mol. The lowest BCUT2D eigenvalue weighted by atomic mass is 10.1. The van der Waals surface area contributed by atoms with E-state index in [1.807, 2.05) is 24.3 Å². The fraction of sp³-hybridized carbons (Fsp3) is 0.391. The van der Waals surface area contributed by atoms with Crippen LogP contribution in [0.5, 0.6) is 5.75 Å². The Morgan fingerprint density at radius 3 is 2.53 bits per heavy atom. The minimum atomic E-state index is -0.419. The normalized spacial score (nSPS) is 15.6. The van der Waals surface area contributed by atoms with E-state index in [-0.39, 0.29) is 6.04 Å². The Balaban J connectivity index is 1.62. The molecule has 1 fully saturated rings. The molecule has 0 spiro atoms. The second-order valence-corrected chi connectivity index (χ2v) is 7.40. The second kappa shape index (κ2) is 10.6. The molecule has 30 heavy (non-hydrogen) atoms. The van der Waals surface area contributed by atoms with Crippen molar-refractivity contribution in [3.05, 3.63) is 65.2 Å². The number of hydrogen-bond acceptors (Lipinski definition) is 4. The number of carbonyl (C=O) groups excluding carboxylic acids is 1. The summed E-state index contributed by atoms with van der Waals surface area (Å²) in [5.74, 6) is 1.19. The highest BCUT2D eigenvalue weighted by molar-refractivity contribution is 5.92. The summed E-state index contributed by atoms with van der Waals surface area (Å²) in [6, 6.07) is 15.8. The van der Waals surface area contributed by atoms with Crippen LogP contribution in [0.1, 0.15) is 40.4 Å². The van der Waals surface area contributed by atoms with E-state index in [0.717, 1.165) is 36.9 Å². The zero-order valence-corrected chi connectivity index (χ0v) is 17.7. The third kappa shape index (κ3) is 5.73. The zero-order valence-electron chi connectivity index (χ0n) is 17.7. The molecule has 0 bridgehead atoms. The molecule has 7 heteroatoms. The number of benzene rings is 2. The van der Waals surface area contributed by atoms with Crippen molar-refractivity contribution in [1.29, 1.82) is 0 Å². The molecular weight excluding hydrogens is 378 g/mol. The lowest BCUT2D eigenvalue weighted by Gasteiger charge is -2.29. The summed E-state index contributed by atoms with van der Waals surface area (Å²) in [5, 5.41) is 6.80. The molecule has 2 aromatic rings. The summed E-state index contributed by atoms with van der Waals surface area (Å²) < 4.78 is 5.42. The van der Waals surface area contributed by atoms with Crippen molar-refractivity contribution in [1.82, 2.24) is 15.5 Å². The maximum Gasteiger partial charge on any atom is 0.248 e. The number of carbonyl (C=O) groups is 1. The van der Waals surface area contributed by atoms with E-state index in [9.17, 15) is 4.79 Å². The number of nitrogens with one attached hydrogen (secondary N) is 2. The Morgan fingerprint density at radius 1 is 1.17 bits per heavy atom. The number of amides is 1. The molecule has 7 nitrogen and oxygen atoms in total. The van der Waals surface area contributed by atoms with Crippen molar-refractivity contribution in [3.63, 3.8) is 0 Å². The van der Waals surface area contributed by atoms with Crippen molar-refractivity contribution in [2.75, 3.05) is 33.8 Å². The van der Waals surface area contributed by atoms with Gasteiger partial charge in [-0.05, 0) is 61.3 Å². The first-order valence-corrected chi connectivity index (χ1v) is 10.3. The average Bonchev–Trinajstić information content (AvgIpc) is 3.31. The molecule has 3 rings (SSSR count). The topological polar surface area (TPSA) is 92.0 Å². The van der Waals surface area contributed by atoms with E-state index < -0.39 is 5.91 Å². The Hall–Kier alpha value is -3.06. The molecule has 1 aliphatic heterocycles. The molecule has 0 aliphatic carbocycles. The summed E-state index contributed by atoms with van der Waals surface area (Å²) in [4.78, 5) is 18.1. The Kier molecular flexibility index (Phi) is 7.68. The third-order valence-corrected chi connectivity index (χ3v) is 5.44. The zero-order chi connectivity index (χ0) is 21.3. The maximum atomic E-state index is 11.2. The number of primary amides is 1. The van der Waals surface area contributed by atoms with Gasteiger partial charge in [0.1, 0.15) is 5.75 Å². The molecule has 2 aromatic carbocycles. The van der Waals surface area contributed by atoms with Crippen molar-refractivity contribution < 1.29 is 9.53 Å². The Bertz CT molecular complexity index is 860. The van der Waals surface area contributed by atoms with Crippen LogP contribution in [0, 0.1) is 0 Å². The molecule has 1 aliphatic rings. The molecule has 1 unspecified atom stereocenters.